The van der Waals surface area contributed by atoms with Crippen molar-refractivity contribution in [3.05, 3.63) is 148 Å². The minimum Gasteiger partial charge on any atom is -0.468 e. The van der Waals surface area contributed by atoms with Crippen LogP contribution in [0.1, 0.15) is 173 Å². The zero-order valence-corrected chi connectivity index (χ0v) is 43.1. The van der Waals surface area contributed by atoms with Crippen LogP contribution in [0.5, 0.6) is 0 Å². The molecule has 4 heteroatoms. The molecule has 0 fully saturated rings. The molecule has 12 rings (SSSR count). The Bertz CT molecular complexity index is 3560. The number of furan rings is 1. The van der Waals surface area contributed by atoms with Crippen molar-refractivity contribution < 1.29 is 11.3 Å². The maximum absolute atomic E-state index is 9.39. The van der Waals surface area contributed by atoms with E-state index in [4.69, 9.17) is 8.53 Å². The number of rotatable bonds is 3. The molecule has 0 unspecified atom stereocenters. The largest absolute Gasteiger partial charge is 0.468 e. The van der Waals surface area contributed by atoms with E-state index < -0.39 is 6.04 Å². The monoisotopic (exact) mass is 900 g/mol. The number of hydrogen-bond acceptors (Lipinski definition) is 3. The van der Waals surface area contributed by atoms with E-state index in [9.17, 15) is 2.74 Å². The summed E-state index contributed by atoms with van der Waals surface area (Å²) in [6.45, 7) is 32.8. The number of nitrogens with zero attached hydrogens (tertiary/aromatic N) is 2. The van der Waals surface area contributed by atoms with Gasteiger partial charge in [-0.25, -0.2) is 0 Å². The summed E-state index contributed by atoms with van der Waals surface area (Å²) in [5.74, 6) is 0. The first-order valence-corrected chi connectivity index (χ1v) is 25.4. The van der Waals surface area contributed by atoms with E-state index in [2.05, 4.69) is 167 Å². The van der Waals surface area contributed by atoms with Crippen molar-refractivity contribution in [3.63, 3.8) is 0 Å². The van der Waals surface area contributed by atoms with E-state index in [1.807, 2.05) is 12.1 Å². The smallest absolute Gasteiger partial charge is 0.297 e. The molecule has 6 aromatic carbocycles. The van der Waals surface area contributed by atoms with Crippen LogP contribution in [-0.4, -0.2) is 6.71 Å². The second-order valence-electron chi connectivity index (χ2n) is 25.5. The van der Waals surface area contributed by atoms with Crippen molar-refractivity contribution in [2.75, 3.05) is 9.80 Å². The van der Waals surface area contributed by atoms with Crippen LogP contribution in [0.25, 0.3) is 22.1 Å². The van der Waals surface area contributed by atoms with E-state index in [-0.39, 0.29) is 68.9 Å². The summed E-state index contributed by atoms with van der Waals surface area (Å²) in [4.78, 5) is 4.92. The molecule has 346 valence electrons. The van der Waals surface area contributed by atoms with Gasteiger partial charge in [-0.15, -0.1) is 0 Å². The molecule has 3 nitrogen and oxygen atoms in total. The Hall–Kier alpha value is -5.48. The fraction of sp³-hybridized carbons (Fsp3) is 0.406. The van der Waals surface area contributed by atoms with Gasteiger partial charge in [0.2, 0.25) is 0 Å². The minimum atomic E-state index is -0.402. The lowest BCUT2D eigenvalue weighted by atomic mass is 9.35. The zero-order valence-electron chi connectivity index (χ0n) is 48.1. The van der Waals surface area contributed by atoms with Gasteiger partial charge in [0.15, 0.2) is 0 Å². The SMILES string of the molecule is [2H]c1c([2H])c([2H])c(-c2ccc(C)cc2N2c3cc(C)cc4c3B(c3cc5c(cc3N4c3ccc4c(c3)C(C)(C)CCC4(C)C)C(C)(C)CCC5(C)C)c3oc4cc5c(cc4c32)C(C)(C)CCC5(C)C)c([2H])c1[2H]. The summed E-state index contributed by atoms with van der Waals surface area (Å²) in [7, 11) is 0. The molecule has 1 aromatic heterocycles. The number of hydrogen-bond donors (Lipinski definition) is 0. The number of fused-ring (bicyclic) bond motifs is 9. The Morgan fingerprint density at radius 3 is 1.62 bits per heavy atom. The average Bonchev–Trinajstić information content (AvgIpc) is 3.70. The van der Waals surface area contributed by atoms with Crippen LogP contribution in [0.15, 0.2) is 107 Å². The molecule has 0 amide bonds. The van der Waals surface area contributed by atoms with Crippen molar-refractivity contribution in [2.45, 2.75) is 168 Å². The Morgan fingerprint density at radius 2 is 1.00 bits per heavy atom. The first-order valence-electron chi connectivity index (χ1n) is 27.9. The molecule has 5 aliphatic rings. The van der Waals surface area contributed by atoms with Gasteiger partial charge < -0.3 is 14.2 Å². The van der Waals surface area contributed by atoms with Crippen molar-refractivity contribution in [3.8, 4) is 11.1 Å². The molecule has 0 spiro atoms. The fourth-order valence-corrected chi connectivity index (χ4v) is 13.4. The van der Waals surface area contributed by atoms with Crippen molar-refractivity contribution in [1.29, 1.82) is 0 Å². The van der Waals surface area contributed by atoms with Gasteiger partial charge in [-0.2, -0.15) is 0 Å². The van der Waals surface area contributed by atoms with Crippen LogP contribution >= 0.6 is 0 Å². The van der Waals surface area contributed by atoms with Crippen LogP contribution in [0.4, 0.5) is 34.1 Å². The minimum absolute atomic E-state index is 0.0108. The highest BCUT2D eigenvalue weighted by atomic mass is 16.3. The highest BCUT2D eigenvalue weighted by Gasteiger charge is 2.50. The quantitative estimate of drug-likeness (QED) is 0.165. The molecular formula is C64H71BN2O. The Morgan fingerprint density at radius 1 is 0.485 bits per heavy atom. The third-order valence-electron chi connectivity index (χ3n) is 18.0. The lowest BCUT2D eigenvalue weighted by Crippen LogP contribution is -2.61. The van der Waals surface area contributed by atoms with E-state index >= 15 is 0 Å². The summed E-state index contributed by atoms with van der Waals surface area (Å²) in [6.07, 6.45) is 6.57. The third kappa shape index (κ3) is 6.23. The third-order valence-corrected chi connectivity index (χ3v) is 18.0. The lowest BCUT2D eigenvalue weighted by molar-refractivity contribution is 0.332. The zero-order chi connectivity index (χ0) is 52.2. The lowest BCUT2D eigenvalue weighted by Gasteiger charge is -2.47. The van der Waals surface area contributed by atoms with Gasteiger partial charge in [0, 0.05) is 33.7 Å². The molecule has 7 aromatic rings. The maximum atomic E-state index is 9.39. The predicted molar refractivity (Wildman–Crippen MR) is 291 cm³/mol. The Kier molecular flexibility index (Phi) is 7.95. The normalized spacial score (nSPS) is 21.5. The van der Waals surface area contributed by atoms with Gasteiger partial charge in [-0.3, -0.25) is 0 Å². The van der Waals surface area contributed by atoms with Gasteiger partial charge >= 0.3 is 0 Å². The first kappa shape index (κ1) is 38.4. The molecule has 0 bridgehead atoms. The predicted octanol–water partition coefficient (Wildman–Crippen LogP) is 15.8. The van der Waals surface area contributed by atoms with Gasteiger partial charge in [0.1, 0.15) is 5.58 Å². The summed E-state index contributed by atoms with van der Waals surface area (Å²) < 4.78 is 52.8. The van der Waals surface area contributed by atoms with E-state index in [0.717, 1.165) is 100 Å². The second kappa shape index (κ2) is 14.1. The van der Waals surface area contributed by atoms with Crippen molar-refractivity contribution in [2.24, 2.45) is 0 Å². The first-order chi connectivity index (χ1) is 34.0. The molecule has 3 aliphatic carbocycles. The van der Waals surface area contributed by atoms with Crippen LogP contribution in [0, 0.1) is 13.8 Å². The standard InChI is InChI=1S/C64H71BN2O/c1-38-20-22-42(40-18-16-15-17-19-40)51(30-38)67-54-32-39(2)31-53-56(54)65(58-57(67)43-34-46-49(37-55(43)68-58)64(13,14)29-26-61(46,7)8)50-35-47-48(63(11,12)28-27-62(47,9)10)36-52(50)66(53)41-21-23-44-45(33-41)60(5,6)25-24-59(44,3)4/h15-23,30-37H,24-29H2,1-14H3/i15D,16D,17D,18D,19D. The van der Waals surface area contributed by atoms with E-state index in [0.29, 0.717) is 5.56 Å². The summed E-state index contributed by atoms with van der Waals surface area (Å²) in [5, 5.41) is 1.02. The molecule has 3 heterocycles. The van der Waals surface area contributed by atoms with Gasteiger partial charge in [0.25, 0.3) is 6.71 Å². The molecule has 0 N–H and O–H groups in total. The van der Waals surface area contributed by atoms with Crippen molar-refractivity contribution >= 4 is 68.4 Å². The highest BCUT2D eigenvalue weighted by molar-refractivity contribution is 7.00. The summed E-state index contributed by atoms with van der Waals surface area (Å²) in [5.41, 5.74) is 21.1. The van der Waals surface area contributed by atoms with Crippen LogP contribution in [0.3, 0.4) is 0 Å². The molecule has 0 atom stereocenters. The summed E-state index contributed by atoms with van der Waals surface area (Å²) in [6, 6.07) is 26.4. The molecule has 0 saturated heterocycles. The number of anilines is 6. The van der Waals surface area contributed by atoms with Gasteiger partial charge in [0.05, 0.1) is 23.9 Å². The molecule has 0 radical (unpaired) electrons. The molecular weight excluding hydrogens is 824 g/mol. The Labute approximate surface area is 414 Å². The summed E-state index contributed by atoms with van der Waals surface area (Å²) >= 11 is 0. The van der Waals surface area contributed by atoms with Crippen LogP contribution in [-0.2, 0) is 32.5 Å². The number of benzene rings is 6. The van der Waals surface area contributed by atoms with Gasteiger partial charge in [-0.1, -0.05) is 138 Å². The van der Waals surface area contributed by atoms with E-state index in [1.54, 1.807) is 0 Å². The van der Waals surface area contributed by atoms with Crippen LogP contribution < -0.4 is 26.4 Å². The van der Waals surface area contributed by atoms with Crippen molar-refractivity contribution in [1.82, 2.24) is 0 Å². The molecule has 2 aliphatic heterocycles. The number of aryl methyl sites for hydroxylation is 2. The molecule has 0 saturated carbocycles. The Balaban J connectivity index is 1.25. The van der Waals surface area contributed by atoms with Gasteiger partial charge in [-0.05, 0) is 194 Å². The maximum Gasteiger partial charge on any atom is 0.297 e. The fourth-order valence-electron chi connectivity index (χ4n) is 13.4. The average molecular weight is 900 g/mol. The highest BCUT2D eigenvalue weighted by Crippen LogP contribution is 2.55. The topological polar surface area (TPSA) is 19.6 Å². The van der Waals surface area contributed by atoms with E-state index in [1.165, 1.54) is 44.5 Å². The van der Waals surface area contributed by atoms with Crippen LogP contribution in [0.2, 0.25) is 0 Å². The second-order valence-corrected chi connectivity index (χ2v) is 25.5. The molecule has 68 heavy (non-hydrogen) atoms.